The highest BCUT2D eigenvalue weighted by Gasteiger charge is 2.19. The zero-order valence-corrected chi connectivity index (χ0v) is 21.5. The molecule has 0 rings (SSSR count). The second-order valence-electron chi connectivity index (χ2n) is 9.29. The van der Waals surface area contributed by atoms with Crippen molar-refractivity contribution in [1.29, 1.82) is 0 Å². The first-order valence-corrected chi connectivity index (χ1v) is 13.4. The minimum absolute atomic E-state index is 0.0249. The van der Waals surface area contributed by atoms with E-state index in [9.17, 15) is 14.3 Å². The maximum Gasteiger partial charge on any atom is 0.305 e. The van der Waals surface area contributed by atoms with E-state index in [1.165, 1.54) is 51.4 Å². The van der Waals surface area contributed by atoms with E-state index in [2.05, 4.69) is 11.8 Å². The topological polar surface area (TPSA) is 114 Å². The fraction of sp³-hybridized carbons (Fsp3) is 0.955. The average Bonchev–Trinajstić information content (AvgIpc) is 2.71. The third kappa shape index (κ3) is 21.3. The molecule has 10 heteroatoms. The van der Waals surface area contributed by atoms with E-state index in [-0.39, 0.29) is 19.6 Å². The number of hydrogen-bond acceptors (Lipinski definition) is 8. The van der Waals surface area contributed by atoms with Gasteiger partial charge in [-0.1, -0.05) is 71.1 Å². The van der Waals surface area contributed by atoms with Crippen LogP contribution >= 0.6 is 7.82 Å². The van der Waals surface area contributed by atoms with Crippen LogP contribution in [0.4, 0.5) is 0 Å². The van der Waals surface area contributed by atoms with Crippen molar-refractivity contribution < 1.29 is 42.7 Å². The predicted molar refractivity (Wildman–Crippen MR) is 122 cm³/mol. The normalized spacial score (nSPS) is 14.8. The van der Waals surface area contributed by atoms with Crippen LogP contribution in [0.15, 0.2) is 0 Å². The van der Waals surface area contributed by atoms with Crippen molar-refractivity contribution in [3.8, 4) is 0 Å². The quantitative estimate of drug-likeness (QED) is 0.0605. The molecule has 0 amide bonds. The molecule has 0 heterocycles. The van der Waals surface area contributed by atoms with Gasteiger partial charge >= 0.3 is 5.97 Å². The van der Waals surface area contributed by atoms with Gasteiger partial charge in [0.05, 0.1) is 27.7 Å². The molecule has 9 nitrogen and oxygen atoms in total. The minimum atomic E-state index is -4.53. The molecule has 0 bridgehead atoms. The number of hydrogen-bond donors (Lipinski definition) is 1. The monoisotopic (exact) mass is 483 g/mol. The molecule has 0 aliphatic carbocycles. The molecule has 0 saturated carbocycles. The van der Waals surface area contributed by atoms with E-state index in [0.29, 0.717) is 11.0 Å². The number of phosphoric ester groups is 1. The van der Waals surface area contributed by atoms with Gasteiger partial charge in [-0.15, -0.1) is 0 Å². The molecule has 0 aliphatic rings. The number of unbranched alkanes of at least 4 members (excludes halogenated alkanes) is 10. The highest BCUT2D eigenvalue weighted by Crippen LogP contribution is 2.38. The summed E-state index contributed by atoms with van der Waals surface area (Å²) in [4.78, 5) is 27.7. The smallest absolute Gasteiger partial charge is 0.305 e. The fourth-order valence-corrected chi connectivity index (χ4v) is 3.67. The summed E-state index contributed by atoms with van der Waals surface area (Å²) in [7, 11) is 1.18. The maximum atomic E-state index is 11.8. The predicted octanol–water partition coefficient (Wildman–Crippen LogP) is 4.30. The number of rotatable bonds is 22. The molecule has 0 fully saturated rings. The number of nitrogens with zero attached hydrogens (tertiary/aromatic N) is 1. The zero-order chi connectivity index (χ0) is 24.3. The highest BCUT2D eigenvalue weighted by atomic mass is 31.2. The number of carbonyl (C=O) groups is 1. The first kappa shape index (κ1) is 31.5. The van der Waals surface area contributed by atoms with Crippen LogP contribution in [0.2, 0.25) is 0 Å². The van der Waals surface area contributed by atoms with Gasteiger partial charge in [0.15, 0.2) is 6.10 Å². The lowest BCUT2D eigenvalue weighted by molar-refractivity contribution is -0.870. The highest BCUT2D eigenvalue weighted by molar-refractivity contribution is 7.45. The zero-order valence-electron chi connectivity index (χ0n) is 20.6. The average molecular weight is 484 g/mol. The van der Waals surface area contributed by atoms with Crippen molar-refractivity contribution in [1.82, 2.24) is 0 Å². The summed E-state index contributed by atoms with van der Waals surface area (Å²) in [5, 5.41) is 8.89. The van der Waals surface area contributed by atoms with Gasteiger partial charge in [-0.05, 0) is 6.42 Å². The van der Waals surface area contributed by atoms with E-state index in [1.807, 2.05) is 21.1 Å². The van der Waals surface area contributed by atoms with Crippen molar-refractivity contribution in [2.45, 2.75) is 90.1 Å². The largest absolute Gasteiger partial charge is 0.756 e. The summed E-state index contributed by atoms with van der Waals surface area (Å²) in [5.41, 5.74) is 0. The van der Waals surface area contributed by atoms with E-state index >= 15 is 0 Å². The van der Waals surface area contributed by atoms with Gasteiger partial charge in [-0.2, -0.15) is 0 Å². The van der Waals surface area contributed by atoms with Gasteiger partial charge in [0.25, 0.3) is 7.82 Å². The molecule has 0 spiro atoms. The number of carbonyl (C=O) groups excluding carboxylic acids is 1. The first-order chi connectivity index (χ1) is 15.1. The van der Waals surface area contributed by atoms with Crippen molar-refractivity contribution in [3.05, 3.63) is 0 Å². The van der Waals surface area contributed by atoms with Crippen LogP contribution in [-0.4, -0.2) is 69.3 Å². The van der Waals surface area contributed by atoms with Crippen LogP contribution in [-0.2, 0) is 28.0 Å². The molecule has 32 heavy (non-hydrogen) atoms. The molecular weight excluding hydrogens is 437 g/mol. The van der Waals surface area contributed by atoms with E-state index in [4.69, 9.17) is 19.0 Å². The molecule has 0 aromatic heterocycles. The van der Waals surface area contributed by atoms with Crippen molar-refractivity contribution >= 4 is 13.8 Å². The Morgan fingerprint density at radius 2 is 1.44 bits per heavy atom. The standard InChI is InChI=1S/C22H46NO8P/c1-5-6-7-8-9-10-11-12-13-14-15-16-22(24)28-19-21(31-25)20-30-32(26,27)29-18-17-23(2,3)4/h21H,5-20H2,1-4H3,(H-,25,26,27)/t21-/m1/s1. The van der Waals surface area contributed by atoms with E-state index in [0.717, 1.165) is 19.3 Å². The van der Waals surface area contributed by atoms with Crippen molar-refractivity contribution in [3.63, 3.8) is 0 Å². The van der Waals surface area contributed by atoms with Crippen molar-refractivity contribution in [2.75, 3.05) is 47.5 Å². The summed E-state index contributed by atoms with van der Waals surface area (Å²) < 4.78 is 26.8. The summed E-state index contributed by atoms with van der Waals surface area (Å²) in [6.07, 6.45) is 12.3. The summed E-state index contributed by atoms with van der Waals surface area (Å²) >= 11 is 0. The van der Waals surface area contributed by atoms with Crippen LogP contribution in [0.5, 0.6) is 0 Å². The summed E-state index contributed by atoms with van der Waals surface area (Å²) in [6, 6.07) is 0. The third-order valence-corrected chi connectivity index (χ3v) is 5.96. The Hall–Kier alpha value is -0.540. The Balaban J connectivity index is 3.77. The lowest BCUT2D eigenvalue weighted by Crippen LogP contribution is -2.37. The molecule has 1 unspecified atom stereocenters. The second kappa shape index (κ2) is 18.8. The number of quaternary nitrogens is 1. The van der Waals surface area contributed by atoms with Crippen molar-refractivity contribution in [2.24, 2.45) is 0 Å². The molecule has 0 aromatic carbocycles. The fourth-order valence-electron chi connectivity index (χ4n) is 2.94. The van der Waals surface area contributed by atoms with Gasteiger partial charge in [-0.25, -0.2) is 4.89 Å². The lowest BCUT2D eigenvalue weighted by atomic mass is 10.1. The van der Waals surface area contributed by atoms with Crippen LogP contribution in [0.1, 0.15) is 84.0 Å². The summed E-state index contributed by atoms with van der Waals surface area (Å²) in [6.45, 7) is 1.87. The Morgan fingerprint density at radius 1 is 0.906 bits per heavy atom. The number of likely N-dealkylation sites (N-methyl/N-ethyl adjacent to an activating group) is 1. The maximum absolute atomic E-state index is 11.8. The Morgan fingerprint density at radius 3 is 1.94 bits per heavy atom. The molecule has 0 aliphatic heterocycles. The molecule has 2 atom stereocenters. The second-order valence-corrected chi connectivity index (χ2v) is 10.7. The van der Waals surface area contributed by atoms with Crippen LogP contribution in [0, 0.1) is 0 Å². The van der Waals surface area contributed by atoms with Crippen LogP contribution < -0.4 is 4.89 Å². The lowest BCUT2D eigenvalue weighted by Gasteiger charge is -2.27. The Labute approximate surface area is 194 Å². The number of phosphoric acid groups is 1. The van der Waals surface area contributed by atoms with Gasteiger partial charge in [0.2, 0.25) is 0 Å². The van der Waals surface area contributed by atoms with Gasteiger partial charge in [0.1, 0.15) is 19.8 Å². The molecule has 0 saturated heterocycles. The number of esters is 1. The van der Waals surface area contributed by atoms with E-state index < -0.39 is 26.5 Å². The molecule has 0 radical (unpaired) electrons. The third-order valence-electron chi connectivity index (χ3n) is 4.99. The minimum Gasteiger partial charge on any atom is -0.756 e. The van der Waals surface area contributed by atoms with Crippen LogP contribution in [0.3, 0.4) is 0 Å². The molecular formula is C22H46NO8P. The van der Waals surface area contributed by atoms with Gasteiger partial charge in [-0.3, -0.25) is 14.6 Å². The van der Waals surface area contributed by atoms with Gasteiger partial charge in [0, 0.05) is 6.42 Å². The van der Waals surface area contributed by atoms with Gasteiger partial charge < -0.3 is 23.2 Å². The number of ether oxygens (including phenoxy) is 1. The molecule has 1 N–H and O–H groups in total. The molecule has 192 valence electrons. The molecule has 0 aromatic rings. The van der Waals surface area contributed by atoms with E-state index in [1.54, 1.807) is 0 Å². The SMILES string of the molecule is CCCCCCCCCCCCCC(=O)OC[C@H](COP(=O)([O-])OCC[N+](C)(C)C)OO. The Kier molecular flexibility index (Phi) is 18.5. The summed E-state index contributed by atoms with van der Waals surface area (Å²) in [5.74, 6) is -0.410. The first-order valence-electron chi connectivity index (χ1n) is 12.0. The van der Waals surface area contributed by atoms with Crippen LogP contribution in [0.25, 0.3) is 0 Å². The Bertz CT molecular complexity index is 513.